The lowest BCUT2D eigenvalue weighted by Crippen LogP contribution is -2.27. The molecule has 0 radical (unpaired) electrons. The van der Waals surface area contributed by atoms with E-state index in [-0.39, 0.29) is 11.3 Å². The summed E-state index contributed by atoms with van der Waals surface area (Å²) in [6, 6.07) is 8.51. The van der Waals surface area contributed by atoms with Crippen LogP contribution in [-0.4, -0.2) is 21.7 Å². The summed E-state index contributed by atoms with van der Waals surface area (Å²) in [6.45, 7) is 7.05. The Hall–Kier alpha value is -2.11. The zero-order chi connectivity index (χ0) is 18.5. The second-order valence-electron chi connectivity index (χ2n) is 6.93. The van der Waals surface area contributed by atoms with Crippen LogP contribution in [-0.2, 0) is 10.2 Å². The molecule has 1 aromatic carbocycles. The standard InChI is InChI=1S/C21H20N2OS2/c1-4-22-19(24)17(26-20(22)25)13-12-14-8-7-11-18-21(2,3)15-9-5-6-10-16(15)23(14)18/h5-13H,4H2,1-3H3/b14-12+,17-13+. The van der Waals surface area contributed by atoms with Crippen molar-refractivity contribution in [3.8, 4) is 0 Å². The van der Waals surface area contributed by atoms with Crippen LogP contribution in [0.5, 0.6) is 0 Å². The van der Waals surface area contributed by atoms with Crippen molar-refractivity contribution >= 4 is 39.9 Å². The van der Waals surface area contributed by atoms with Crippen molar-refractivity contribution in [2.75, 3.05) is 11.4 Å². The fraction of sp³-hybridized carbons (Fsp3) is 0.238. The summed E-state index contributed by atoms with van der Waals surface area (Å²) in [5.74, 6) is -0.00273. The molecule has 0 saturated carbocycles. The molecule has 0 bridgehead atoms. The Balaban J connectivity index is 1.74. The number of thioether (sulfide) groups is 1. The predicted molar refractivity (Wildman–Crippen MR) is 113 cm³/mol. The van der Waals surface area contributed by atoms with Crippen LogP contribution in [0.15, 0.2) is 70.9 Å². The largest absolute Gasteiger partial charge is 0.313 e. The molecule has 1 aromatic rings. The first-order chi connectivity index (χ1) is 12.4. The van der Waals surface area contributed by atoms with E-state index in [1.54, 1.807) is 4.90 Å². The lowest BCUT2D eigenvalue weighted by atomic mass is 9.83. The van der Waals surface area contributed by atoms with Crippen molar-refractivity contribution in [2.24, 2.45) is 0 Å². The molecule has 3 aliphatic heterocycles. The van der Waals surface area contributed by atoms with Gasteiger partial charge in [0.15, 0.2) is 0 Å². The molecule has 3 nitrogen and oxygen atoms in total. The minimum absolute atomic E-state index is 0.00273. The van der Waals surface area contributed by atoms with Gasteiger partial charge in [-0.2, -0.15) is 0 Å². The number of hydrogen-bond donors (Lipinski definition) is 0. The van der Waals surface area contributed by atoms with Gasteiger partial charge in [0.1, 0.15) is 4.32 Å². The van der Waals surface area contributed by atoms with Gasteiger partial charge in [-0.1, -0.05) is 62.1 Å². The Kier molecular flexibility index (Phi) is 4.16. The lowest BCUT2D eigenvalue weighted by Gasteiger charge is -2.29. The molecular weight excluding hydrogens is 360 g/mol. The van der Waals surface area contributed by atoms with Crippen LogP contribution in [0.4, 0.5) is 5.69 Å². The van der Waals surface area contributed by atoms with Gasteiger partial charge in [0.2, 0.25) is 0 Å². The molecule has 0 N–H and O–H groups in total. The highest BCUT2D eigenvalue weighted by Crippen LogP contribution is 2.50. The summed E-state index contributed by atoms with van der Waals surface area (Å²) in [5, 5.41) is 0. The van der Waals surface area contributed by atoms with Crippen molar-refractivity contribution < 1.29 is 4.79 Å². The molecule has 0 aromatic heterocycles. The Morgan fingerprint density at radius 1 is 1.23 bits per heavy atom. The number of likely N-dealkylation sites (N-methyl/N-ethyl adjacent to an activating group) is 1. The van der Waals surface area contributed by atoms with E-state index in [1.807, 2.05) is 19.1 Å². The van der Waals surface area contributed by atoms with E-state index in [0.29, 0.717) is 15.8 Å². The van der Waals surface area contributed by atoms with Gasteiger partial charge < -0.3 is 4.90 Å². The summed E-state index contributed by atoms with van der Waals surface area (Å²) in [7, 11) is 0. The summed E-state index contributed by atoms with van der Waals surface area (Å²) in [4.78, 5) is 17.0. The van der Waals surface area contributed by atoms with Crippen molar-refractivity contribution in [1.82, 2.24) is 4.90 Å². The number of anilines is 1. The number of allylic oxidation sites excluding steroid dienone is 6. The van der Waals surface area contributed by atoms with Gasteiger partial charge in [0, 0.05) is 29.0 Å². The number of carbonyl (C=O) groups excluding carboxylic acids is 1. The van der Waals surface area contributed by atoms with E-state index in [0.717, 1.165) is 5.70 Å². The summed E-state index contributed by atoms with van der Waals surface area (Å²) in [5.41, 5.74) is 4.78. The van der Waals surface area contributed by atoms with Gasteiger partial charge in [-0.15, -0.1) is 0 Å². The summed E-state index contributed by atoms with van der Waals surface area (Å²) < 4.78 is 0.634. The van der Waals surface area contributed by atoms with E-state index in [9.17, 15) is 4.79 Å². The molecule has 1 fully saturated rings. The third-order valence-corrected chi connectivity index (χ3v) is 6.47. The van der Waals surface area contributed by atoms with Gasteiger partial charge in [0.05, 0.1) is 4.91 Å². The van der Waals surface area contributed by atoms with Gasteiger partial charge in [-0.05, 0) is 42.9 Å². The molecule has 5 heteroatoms. The molecule has 26 heavy (non-hydrogen) atoms. The molecule has 0 aliphatic carbocycles. The maximum absolute atomic E-state index is 12.4. The van der Waals surface area contributed by atoms with E-state index in [1.165, 1.54) is 28.7 Å². The Labute approximate surface area is 163 Å². The molecule has 4 rings (SSSR count). The fourth-order valence-electron chi connectivity index (χ4n) is 3.70. The monoisotopic (exact) mass is 380 g/mol. The first-order valence-electron chi connectivity index (χ1n) is 8.69. The second kappa shape index (κ2) is 6.25. The predicted octanol–water partition coefficient (Wildman–Crippen LogP) is 4.89. The van der Waals surface area contributed by atoms with E-state index >= 15 is 0 Å². The number of thiocarbonyl (C=S) groups is 1. The number of rotatable bonds is 2. The van der Waals surface area contributed by atoms with Crippen molar-refractivity contribution in [3.05, 3.63) is 76.5 Å². The van der Waals surface area contributed by atoms with Crippen LogP contribution in [0, 0.1) is 0 Å². The maximum Gasteiger partial charge on any atom is 0.266 e. The number of nitrogens with zero attached hydrogens (tertiary/aromatic N) is 2. The number of amides is 1. The first kappa shape index (κ1) is 17.3. The second-order valence-corrected chi connectivity index (χ2v) is 8.60. The van der Waals surface area contributed by atoms with Crippen LogP contribution in [0.25, 0.3) is 0 Å². The average molecular weight is 381 g/mol. The minimum atomic E-state index is -0.0495. The highest BCUT2D eigenvalue weighted by Gasteiger charge is 2.41. The highest BCUT2D eigenvalue weighted by molar-refractivity contribution is 8.26. The molecule has 0 atom stereocenters. The van der Waals surface area contributed by atoms with E-state index < -0.39 is 0 Å². The molecule has 3 heterocycles. The quantitative estimate of drug-likeness (QED) is 0.539. The number of hydrogen-bond acceptors (Lipinski definition) is 4. The summed E-state index contributed by atoms with van der Waals surface area (Å²) in [6.07, 6.45) is 10.2. The zero-order valence-corrected chi connectivity index (χ0v) is 16.7. The Morgan fingerprint density at radius 2 is 2.00 bits per heavy atom. The van der Waals surface area contributed by atoms with Gasteiger partial charge in [-0.3, -0.25) is 9.69 Å². The van der Waals surface area contributed by atoms with Crippen molar-refractivity contribution in [3.63, 3.8) is 0 Å². The zero-order valence-electron chi connectivity index (χ0n) is 15.0. The molecule has 0 unspecified atom stereocenters. The van der Waals surface area contributed by atoms with E-state index in [4.69, 9.17) is 12.2 Å². The smallest absolute Gasteiger partial charge is 0.266 e. The number of carbonyl (C=O) groups is 1. The molecule has 1 saturated heterocycles. The molecular formula is C21H20N2OS2. The normalized spacial score (nSPS) is 23.7. The molecule has 0 spiro atoms. The average Bonchev–Trinajstić information content (AvgIpc) is 3.04. The fourth-order valence-corrected chi connectivity index (χ4v) is 5.02. The van der Waals surface area contributed by atoms with Crippen LogP contribution in [0.1, 0.15) is 26.3 Å². The molecule has 132 valence electrons. The molecule has 1 amide bonds. The third-order valence-electron chi connectivity index (χ3n) is 5.07. The SMILES string of the molecule is CCN1C(=O)/C(=C\C=C2/C=CC=C3N2c2ccccc2C3(C)C)SC1=S. The highest BCUT2D eigenvalue weighted by atomic mass is 32.2. The third kappa shape index (κ3) is 2.49. The first-order valence-corrected chi connectivity index (χ1v) is 9.91. The van der Waals surface area contributed by atoms with Gasteiger partial charge in [0.25, 0.3) is 5.91 Å². The van der Waals surface area contributed by atoms with Crippen LogP contribution in [0.2, 0.25) is 0 Å². The number of benzene rings is 1. The molecule has 3 aliphatic rings. The van der Waals surface area contributed by atoms with Crippen LogP contribution in [0.3, 0.4) is 0 Å². The lowest BCUT2D eigenvalue weighted by molar-refractivity contribution is -0.122. The minimum Gasteiger partial charge on any atom is -0.313 e. The summed E-state index contributed by atoms with van der Waals surface area (Å²) >= 11 is 6.67. The van der Waals surface area contributed by atoms with Crippen molar-refractivity contribution in [2.45, 2.75) is 26.2 Å². The van der Waals surface area contributed by atoms with E-state index in [2.05, 4.69) is 61.2 Å². The van der Waals surface area contributed by atoms with Crippen molar-refractivity contribution in [1.29, 1.82) is 0 Å². The van der Waals surface area contributed by atoms with Gasteiger partial charge >= 0.3 is 0 Å². The van der Waals surface area contributed by atoms with Crippen LogP contribution >= 0.6 is 24.0 Å². The Morgan fingerprint density at radius 3 is 2.73 bits per heavy atom. The van der Waals surface area contributed by atoms with Crippen LogP contribution < -0.4 is 4.90 Å². The number of para-hydroxylation sites is 1. The Bertz CT molecular complexity index is 937. The van der Waals surface area contributed by atoms with Gasteiger partial charge in [-0.25, -0.2) is 0 Å². The number of fused-ring (bicyclic) bond motifs is 3. The maximum atomic E-state index is 12.4. The topological polar surface area (TPSA) is 23.6 Å².